The van der Waals surface area contributed by atoms with Crippen LogP contribution in [-0.4, -0.2) is 0 Å². The molecule has 0 aliphatic carbocycles. The standard InChI is InChI=1S/C50H30O2/c1-2-14-31(15-3-1)46-35-19-4-6-21-37(35)47(38-22-7-5-20-36(38)46)32-16-12-17-33(30-32)48-39(28-29-45-49(48)42-23-9-11-27-44(42)51-45)41-25-13-24-40-34-18-8-10-26-43(34)52-50(40)41/h1-30H. The molecule has 242 valence electrons. The van der Waals surface area contributed by atoms with Gasteiger partial charge in [-0.15, -0.1) is 0 Å². The van der Waals surface area contributed by atoms with Gasteiger partial charge in [0.2, 0.25) is 0 Å². The summed E-state index contributed by atoms with van der Waals surface area (Å²) in [6.45, 7) is 0. The first-order chi connectivity index (χ1) is 25.8. The Morgan fingerprint density at radius 1 is 0.269 bits per heavy atom. The van der Waals surface area contributed by atoms with E-state index in [-0.39, 0.29) is 0 Å². The Kier molecular flexibility index (Phi) is 6.28. The number of fused-ring (bicyclic) bond motifs is 8. The van der Waals surface area contributed by atoms with Gasteiger partial charge in [-0.05, 0) is 85.3 Å². The second-order valence-corrected chi connectivity index (χ2v) is 13.5. The maximum absolute atomic E-state index is 6.62. The van der Waals surface area contributed by atoms with Crippen LogP contribution in [0, 0.1) is 0 Å². The fourth-order valence-corrected chi connectivity index (χ4v) is 8.49. The molecule has 0 fully saturated rings. The maximum Gasteiger partial charge on any atom is 0.143 e. The van der Waals surface area contributed by atoms with Crippen molar-refractivity contribution in [2.24, 2.45) is 0 Å². The van der Waals surface area contributed by atoms with Crippen LogP contribution in [0.4, 0.5) is 0 Å². The van der Waals surface area contributed by atoms with E-state index >= 15 is 0 Å². The quantitative estimate of drug-likeness (QED) is 0.175. The lowest BCUT2D eigenvalue weighted by atomic mass is 9.84. The van der Waals surface area contributed by atoms with E-state index in [1.807, 2.05) is 18.2 Å². The van der Waals surface area contributed by atoms with Crippen molar-refractivity contribution in [3.8, 4) is 44.5 Å². The molecular formula is C50H30O2. The number of rotatable bonds is 4. The molecule has 0 saturated carbocycles. The molecule has 2 heteroatoms. The molecule has 2 nitrogen and oxygen atoms in total. The summed E-state index contributed by atoms with van der Waals surface area (Å²) in [7, 11) is 0. The van der Waals surface area contributed by atoms with Crippen molar-refractivity contribution in [1.29, 1.82) is 0 Å². The van der Waals surface area contributed by atoms with Crippen LogP contribution in [0.5, 0.6) is 0 Å². The summed E-state index contributed by atoms with van der Waals surface area (Å²) in [5.41, 5.74) is 12.8. The van der Waals surface area contributed by atoms with Gasteiger partial charge in [0.1, 0.15) is 22.3 Å². The highest BCUT2D eigenvalue weighted by molar-refractivity contribution is 6.22. The lowest BCUT2D eigenvalue weighted by molar-refractivity contribution is 0.668. The van der Waals surface area contributed by atoms with Crippen LogP contribution >= 0.6 is 0 Å². The number of hydrogen-bond donors (Lipinski definition) is 0. The Hall–Kier alpha value is -6.90. The van der Waals surface area contributed by atoms with E-state index in [1.54, 1.807) is 0 Å². The van der Waals surface area contributed by atoms with Gasteiger partial charge in [0.05, 0.1) is 0 Å². The fraction of sp³-hybridized carbons (Fsp3) is 0. The molecule has 0 spiro atoms. The van der Waals surface area contributed by atoms with Gasteiger partial charge in [0.15, 0.2) is 0 Å². The lowest BCUT2D eigenvalue weighted by Crippen LogP contribution is -1.92. The molecule has 9 aromatic carbocycles. The number of furan rings is 2. The highest BCUT2D eigenvalue weighted by atomic mass is 16.3. The van der Waals surface area contributed by atoms with Crippen LogP contribution < -0.4 is 0 Å². The predicted molar refractivity (Wildman–Crippen MR) is 218 cm³/mol. The van der Waals surface area contributed by atoms with Crippen molar-refractivity contribution < 1.29 is 8.83 Å². The minimum Gasteiger partial charge on any atom is -0.456 e. The summed E-state index contributed by atoms with van der Waals surface area (Å²) in [5, 5.41) is 9.39. The van der Waals surface area contributed by atoms with Gasteiger partial charge in [-0.2, -0.15) is 0 Å². The van der Waals surface area contributed by atoms with Gasteiger partial charge in [-0.3, -0.25) is 0 Å². The molecule has 0 amide bonds. The first kappa shape index (κ1) is 28.9. The van der Waals surface area contributed by atoms with Gasteiger partial charge in [-0.25, -0.2) is 0 Å². The number of para-hydroxylation sites is 3. The van der Waals surface area contributed by atoms with Crippen LogP contribution in [0.15, 0.2) is 191 Å². The second-order valence-electron chi connectivity index (χ2n) is 13.5. The zero-order valence-corrected chi connectivity index (χ0v) is 28.1. The van der Waals surface area contributed by atoms with Gasteiger partial charge in [-0.1, -0.05) is 152 Å². The Bertz CT molecular complexity index is 3120. The van der Waals surface area contributed by atoms with Crippen LogP contribution in [0.3, 0.4) is 0 Å². The van der Waals surface area contributed by atoms with Crippen molar-refractivity contribution in [3.05, 3.63) is 182 Å². The van der Waals surface area contributed by atoms with Crippen LogP contribution in [0.2, 0.25) is 0 Å². The van der Waals surface area contributed by atoms with E-state index < -0.39 is 0 Å². The average molecular weight is 663 g/mol. The van der Waals surface area contributed by atoms with Gasteiger partial charge < -0.3 is 8.83 Å². The van der Waals surface area contributed by atoms with Gasteiger partial charge >= 0.3 is 0 Å². The lowest BCUT2D eigenvalue weighted by Gasteiger charge is -2.19. The molecule has 0 atom stereocenters. The van der Waals surface area contributed by atoms with E-state index in [4.69, 9.17) is 8.83 Å². The molecule has 52 heavy (non-hydrogen) atoms. The van der Waals surface area contributed by atoms with E-state index in [9.17, 15) is 0 Å². The third kappa shape index (κ3) is 4.25. The summed E-state index contributed by atoms with van der Waals surface area (Å²) >= 11 is 0. The molecule has 0 aliphatic rings. The molecule has 0 unspecified atom stereocenters. The highest BCUT2D eigenvalue weighted by Gasteiger charge is 2.22. The molecular weight excluding hydrogens is 633 g/mol. The summed E-state index contributed by atoms with van der Waals surface area (Å²) < 4.78 is 13.1. The normalized spacial score (nSPS) is 11.8. The Morgan fingerprint density at radius 2 is 0.769 bits per heavy atom. The van der Waals surface area contributed by atoms with Crippen LogP contribution in [0.25, 0.3) is 110 Å². The summed E-state index contributed by atoms with van der Waals surface area (Å²) in [5.74, 6) is 0. The van der Waals surface area contributed by atoms with Crippen molar-refractivity contribution in [3.63, 3.8) is 0 Å². The topological polar surface area (TPSA) is 26.3 Å². The van der Waals surface area contributed by atoms with E-state index in [1.165, 1.54) is 43.8 Å². The Labute approximate surface area is 299 Å². The summed E-state index contributed by atoms with van der Waals surface area (Å²) in [4.78, 5) is 0. The number of benzene rings is 9. The molecule has 0 bridgehead atoms. The maximum atomic E-state index is 6.62. The highest BCUT2D eigenvalue weighted by Crippen LogP contribution is 2.48. The van der Waals surface area contributed by atoms with E-state index in [0.29, 0.717) is 0 Å². The second kappa shape index (κ2) is 11.3. The zero-order chi connectivity index (χ0) is 34.2. The van der Waals surface area contributed by atoms with E-state index in [0.717, 1.165) is 66.1 Å². The predicted octanol–water partition coefficient (Wildman–Crippen LogP) is 14.5. The molecule has 0 N–H and O–H groups in total. The zero-order valence-electron chi connectivity index (χ0n) is 28.1. The molecule has 0 saturated heterocycles. The first-order valence-electron chi connectivity index (χ1n) is 17.8. The third-order valence-corrected chi connectivity index (χ3v) is 10.7. The number of hydrogen-bond acceptors (Lipinski definition) is 2. The fourth-order valence-electron chi connectivity index (χ4n) is 8.49. The molecule has 0 radical (unpaired) electrons. The van der Waals surface area contributed by atoms with Crippen molar-refractivity contribution in [1.82, 2.24) is 0 Å². The molecule has 2 heterocycles. The summed E-state index contributed by atoms with van der Waals surface area (Å²) in [6.07, 6.45) is 0. The summed E-state index contributed by atoms with van der Waals surface area (Å²) in [6, 6.07) is 65.0. The van der Waals surface area contributed by atoms with Crippen LogP contribution in [0.1, 0.15) is 0 Å². The Balaban J connectivity index is 1.23. The monoisotopic (exact) mass is 662 g/mol. The molecule has 2 aromatic heterocycles. The molecule has 11 rings (SSSR count). The van der Waals surface area contributed by atoms with Crippen LogP contribution in [-0.2, 0) is 0 Å². The van der Waals surface area contributed by atoms with Crippen molar-refractivity contribution >= 4 is 65.4 Å². The average Bonchev–Trinajstić information content (AvgIpc) is 3.79. The van der Waals surface area contributed by atoms with Crippen molar-refractivity contribution in [2.75, 3.05) is 0 Å². The third-order valence-electron chi connectivity index (χ3n) is 10.7. The smallest absolute Gasteiger partial charge is 0.143 e. The van der Waals surface area contributed by atoms with Gasteiger partial charge in [0.25, 0.3) is 0 Å². The van der Waals surface area contributed by atoms with Gasteiger partial charge in [0, 0.05) is 32.7 Å². The van der Waals surface area contributed by atoms with Crippen molar-refractivity contribution in [2.45, 2.75) is 0 Å². The van der Waals surface area contributed by atoms with E-state index in [2.05, 4.69) is 164 Å². The largest absolute Gasteiger partial charge is 0.456 e. The molecule has 0 aliphatic heterocycles. The minimum absolute atomic E-state index is 0.866. The minimum atomic E-state index is 0.866. The molecule has 11 aromatic rings. The Morgan fingerprint density at radius 3 is 1.46 bits per heavy atom. The first-order valence-corrected chi connectivity index (χ1v) is 17.8. The SMILES string of the molecule is c1ccc(-c2c3ccccc3c(-c3cccc(-c4c(-c5cccc6c5oc5ccccc56)ccc5oc6ccccc6c45)c3)c3ccccc23)cc1.